The van der Waals surface area contributed by atoms with Gasteiger partial charge in [-0.15, -0.1) is 0 Å². The molecule has 0 aliphatic carbocycles. The van der Waals surface area contributed by atoms with Gasteiger partial charge in [-0.1, -0.05) is 46.7 Å². The highest BCUT2D eigenvalue weighted by molar-refractivity contribution is 7.21. The van der Waals surface area contributed by atoms with Gasteiger partial charge >= 0.3 is 0 Å². The van der Waals surface area contributed by atoms with Crippen LogP contribution in [-0.2, 0) is 0 Å². The molecule has 0 unspecified atom stereocenters. The van der Waals surface area contributed by atoms with Crippen molar-refractivity contribution in [3.05, 3.63) is 46.6 Å². The summed E-state index contributed by atoms with van der Waals surface area (Å²) >= 11 is 13.2. The molecule has 17 heavy (non-hydrogen) atoms. The quantitative estimate of drug-likeness (QED) is 0.606. The molecule has 3 rings (SSSR count). The topological polar surface area (TPSA) is 25.8 Å². The van der Waals surface area contributed by atoms with Gasteiger partial charge in [-0.2, -0.15) is 0 Å². The summed E-state index contributed by atoms with van der Waals surface area (Å²) in [4.78, 5) is 9.59. The first-order valence-electron chi connectivity index (χ1n) is 4.91. The summed E-state index contributed by atoms with van der Waals surface area (Å²) in [7, 11) is 0. The van der Waals surface area contributed by atoms with E-state index in [4.69, 9.17) is 23.2 Å². The zero-order valence-corrected chi connectivity index (χ0v) is 10.9. The van der Waals surface area contributed by atoms with Crippen molar-refractivity contribution in [2.75, 3.05) is 0 Å². The summed E-state index contributed by atoms with van der Waals surface area (Å²) in [6.07, 6.45) is 0. The van der Waals surface area contributed by atoms with Gasteiger partial charge in [0, 0.05) is 10.6 Å². The van der Waals surface area contributed by atoms with E-state index in [1.807, 2.05) is 30.3 Å². The van der Waals surface area contributed by atoms with Crippen molar-refractivity contribution in [2.24, 2.45) is 0 Å². The minimum Gasteiger partial charge on any atom is -0.234 e. The number of hydrogen-bond donors (Lipinski definition) is 0. The number of aromatic nitrogens is 2. The molecule has 0 aliphatic heterocycles. The van der Waals surface area contributed by atoms with Crippen molar-refractivity contribution in [1.82, 2.24) is 9.97 Å². The van der Waals surface area contributed by atoms with Crippen LogP contribution in [0.15, 0.2) is 36.4 Å². The predicted molar refractivity (Wildman–Crippen MR) is 72.9 cm³/mol. The van der Waals surface area contributed by atoms with E-state index in [2.05, 4.69) is 9.97 Å². The average molecular weight is 281 g/mol. The molecule has 2 aromatic heterocycles. The van der Waals surface area contributed by atoms with E-state index in [9.17, 15) is 0 Å². The fourth-order valence-electron chi connectivity index (χ4n) is 1.51. The fourth-order valence-corrected chi connectivity index (χ4v) is 2.78. The molecule has 0 saturated carbocycles. The molecular weight excluding hydrogens is 275 g/mol. The third-order valence-electron chi connectivity index (χ3n) is 2.31. The molecule has 0 amide bonds. The predicted octanol–water partition coefficient (Wildman–Crippen LogP) is 4.67. The van der Waals surface area contributed by atoms with Crippen molar-refractivity contribution in [3.63, 3.8) is 0 Å². The number of hydrogen-bond acceptors (Lipinski definition) is 3. The molecule has 0 fully saturated rings. The van der Waals surface area contributed by atoms with E-state index >= 15 is 0 Å². The number of benzene rings is 1. The minimum absolute atomic E-state index is 0.490. The van der Waals surface area contributed by atoms with Gasteiger partial charge in [0.05, 0.1) is 0 Å². The highest BCUT2D eigenvalue weighted by Crippen LogP contribution is 2.30. The lowest BCUT2D eigenvalue weighted by atomic mass is 10.2. The first-order valence-corrected chi connectivity index (χ1v) is 6.49. The summed E-state index contributed by atoms with van der Waals surface area (Å²) in [6, 6.07) is 11.2. The van der Waals surface area contributed by atoms with Crippen molar-refractivity contribution < 1.29 is 0 Å². The highest BCUT2D eigenvalue weighted by Gasteiger charge is 2.07. The van der Waals surface area contributed by atoms with Crippen LogP contribution in [0.3, 0.4) is 0 Å². The van der Waals surface area contributed by atoms with Crippen LogP contribution >= 0.6 is 34.5 Å². The van der Waals surface area contributed by atoms with Gasteiger partial charge in [-0.3, -0.25) is 0 Å². The maximum absolute atomic E-state index is 5.85. The van der Waals surface area contributed by atoms with Crippen LogP contribution in [0.4, 0.5) is 0 Å². The second-order valence-corrected chi connectivity index (χ2v) is 5.29. The van der Waals surface area contributed by atoms with E-state index in [0.717, 1.165) is 25.9 Å². The molecule has 5 heteroatoms. The molecular formula is C12H6Cl2N2S. The Morgan fingerprint density at radius 1 is 0.882 bits per heavy atom. The molecule has 3 aromatic rings. The summed E-state index contributed by atoms with van der Waals surface area (Å²) in [5.74, 6) is 0. The fraction of sp³-hybridized carbons (Fsp3) is 0. The average Bonchev–Trinajstić information content (AvgIpc) is 2.72. The number of nitrogens with zero attached hydrogens (tertiary/aromatic N) is 2. The molecule has 2 nitrogen and oxygen atoms in total. The number of thiazole rings is 1. The summed E-state index contributed by atoms with van der Waals surface area (Å²) in [5.41, 5.74) is 1.90. The normalized spacial score (nSPS) is 10.9. The maximum atomic E-state index is 5.85. The summed E-state index contributed by atoms with van der Waals surface area (Å²) in [5, 5.41) is 2.13. The molecule has 0 radical (unpaired) electrons. The Balaban J connectivity index is 2.14. The van der Waals surface area contributed by atoms with Gasteiger partial charge in [0.25, 0.3) is 0 Å². The van der Waals surface area contributed by atoms with Gasteiger partial charge < -0.3 is 0 Å². The highest BCUT2D eigenvalue weighted by atomic mass is 35.5. The molecule has 0 bridgehead atoms. The number of rotatable bonds is 1. The minimum atomic E-state index is 0.490. The van der Waals surface area contributed by atoms with Crippen LogP contribution in [0, 0.1) is 0 Å². The molecule has 0 aliphatic rings. The Kier molecular flexibility index (Phi) is 2.74. The zero-order chi connectivity index (χ0) is 11.8. The maximum Gasteiger partial charge on any atom is 0.145 e. The van der Waals surface area contributed by atoms with Crippen LogP contribution in [0.1, 0.15) is 0 Å². The SMILES string of the molecule is Clc1ccc(-c2nc3ccc(Cl)nc3s2)cc1. The van der Waals surface area contributed by atoms with E-state index < -0.39 is 0 Å². The Morgan fingerprint density at radius 3 is 2.41 bits per heavy atom. The second-order valence-electron chi connectivity index (χ2n) is 3.48. The lowest BCUT2D eigenvalue weighted by molar-refractivity contribution is 1.40. The van der Waals surface area contributed by atoms with Crippen molar-refractivity contribution >= 4 is 44.9 Å². The molecule has 0 atom stereocenters. The van der Waals surface area contributed by atoms with Gasteiger partial charge in [-0.25, -0.2) is 9.97 Å². The van der Waals surface area contributed by atoms with Gasteiger partial charge in [-0.05, 0) is 24.3 Å². The monoisotopic (exact) mass is 280 g/mol. The first-order chi connectivity index (χ1) is 8.22. The van der Waals surface area contributed by atoms with Crippen molar-refractivity contribution in [2.45, 2.75) is 0 Å². The van der Waals surface area contributed by atoms with E-state index in [1.54, 1.807) is 6.07 Å². The number of pyridine rings is 1. The Hall–Kier alpha value is -1.16. The second kappa shape index (κ2) is 4.26. The van der Waals surface area contributed by atoms with E-state index in [-0.39, 0.29) is 0 Å². The van der Waals surface area contributed by atoms with Crippen LogP contribution < -0.4 is 0 Å². The van der Waals surface area contributed by atoms with Crippen molar-refractivity contribution in [1.29, 1.82) is 0 Å². The Morgan fingerprint density at radius 2 is 1.65 bits per heavy atom. The first kappa shape index (κ1) is 11.0. The van der Waals surface area contributed by atoms with Crippen molar-refractivity contribution in [3.8, 4) is 10.6 Å². The largest absolute Gasteiger partial charge is 0.234 e. The van der Waals surface area contributed by atoms with E-state index in [0.29, 0.717) is 5.15 Å². The Bertz CT molecular complexity index is 677. The molecule has 0 N–H and O–H groups in total. The third kappa shape index (κ3) is 2.14. The number of fused-ring (bicyclic) bond motifs is 1. The third-order valence-corrected chi connectivity index (χ3v) is 3.79. The van der Waals surface area contributed by atoms with Gasteiger partial charge in [0.1, 0.15) is 20.5 Å². The molecule has 2 heterocycles. The number of halogens is 2. The zero-order valence-electron chi connectivity index (χ0n) is 8.52. The van der Waals surface area contributed by atoms with E-state index in [1.165, 1.54) is 11.3 Å². The van der Waals surface area contributed by atoms with Gasteiger partial charge in [0.15, 0.2) is 0 Å². The van der Waals surface area contributed by atoms with Crippen LogP contribution in [0.25, 0.3) is 20.9 Å². The lowest BCUT2D eigenvalue weighted by Crippen LogP contribution is -1.75. The molecule has 84 valence electrons. The van der Waals surface area contributed by atoms with Crippen LogP contribution in [0.2, 0.25) is 10.2 Å². The van der Waals surface area contributed by atoms with Gasteiger partial charge in [0.2, 0.25) is 0 Å². The molecule has 1 aromatic carbocycles. The Labute approximate surface area is 112 Å². The smallest absolute Gasteiger partial charge is 0.145 e. The standard InChI is InChI=1S/C12H6Cl2N2S/c13-8-3-1-7(2-4-8)11-15-9-5-6-10(14)16-12(9)17-11/h1-6H. The van der Waals surface area contributed by atoms with Crippen LogP contribution in [-0.4, -0.2) is 9.97 Å². The molecule has 0 spiro atoms. The summed E-state index contributed by atoms with van der Waals surface area (Å²) in [6.45, 7) is 0. The lowest BCUT2D eigenvalue weighted by Gasteiger charge is -1.94. The van der Waals surface area contributed by atoms with Crippen LogP contribution in [0.5, 0.6) is 0 Å². The summed E-state index contributed by atoms with van der Waals surface area (Å²) < 4.78 is 0. The molecule has 0 saturated heterocycles.